The van der Waals surface area contributed by atoms with Crippen LogP contribution in [0.5, 0.6) is 0 Å². The van der Waals surface area contributed by atoms with E-state index in [-0.39, 0.29) is 16.7 Å². The van der Waals surface area contributed by atoms with Crippen molar-refractivity contribution in [2.24, 2.45) is 17.8 Å². The Kier molecular flexibility index (Phi) is 3.97. The van der Waals surface area contributed by atoms with Crippen LogP contribution >= 0.6 is 0 Å². The Morgan fingerprint density at radius 1 is 0.962 bits per heavy atom. The van der Waals surface area contributed by atoms with Gasteiger partial charge < -0.3 is 5.32 Å². The van der Waals surface area contributed by atoms with E-state index < -0.39 is 0 Å². The number of allylic oxidation sites excluding steroid dienone is 2. The van der Waals surface area contributed by atoms with E-state index in [0.29, 0.717) is 0 Å². The second-order valence-corrected chi connectivity index (χ2v) is 8.44. The highest BCUT2D eigenvalue weighted by molar-refractivity contribution is 5.63. The predicted molar refractivity (Wildman–Crippen MR) is 98.5 cm³/mol. The smallest absolute Gasteiger partial charge is 0.163 e. The summed E-state index contributed by atoms with van der Waals surface area (Å²) >= 11 is 0. The Morgan fingerprint density at radius 3 is 2.04 bits per heavy atom. The van der Waals surface area contributed by atoms with Crippen LogP contribution in [0.15, 0.2) is 29.5 Å². The van der Waals surface area contributed by atoms with E-state index in [2.05, 4.69) is 23.5 Å². The maximum absolute atomic E-state index is 9.34. The third kappa shape index (κ3) is 2.65. The van der Waals surface area contributed by atoms with Gasteiger partial charge in [-0.1, -0.05) is 12.1 Å². The highest BCUT2D eigenvalue weighted by Gasteiger charge is 2.51. The van der Waals surface area contributed by atoms with Gasteiger partial charge in [0.15, 0.2) is 5.57 Å². The van der Waals surface area contributed by atoms with Crippen molar-refractivity contribution in [3.63, 3.8) is 0 Å². The lowest BCUT2D eigenvalue weighted by Crippen LogP contribution is -2.48. The van der Waals surface area contributed by atoms with Gasteiger partial charge in [-0.05, 0) is 85.8 Å². The third-order valence-corrected chi connectivity index (χ3v) is 6.73. The number of nitrogens with zero attached hydrogens (tertiary/aromatic N) is 3. The molecule has 4 saturated carbocycles. The van der Waals surface area contributed by atoms with Gasteiger partial charge in [0.25, 0.3) is 0 Å². The summed E-state index contributed by atoms with van der Waals surface area (Å²) in [6.07, 6.45) is 8.07. The third-order valence-electron chi connectivity index (χ3n) is 6.73. The molecule has 1 aromatic carbocycles. The van der Waals surface area contributed by atoms with Gasteiger partial charge >= 0.3 is 0 Å². The molecule has 0 aliphatic heterocycles. The summed E-state index contributed by atoms with van der Waals surface area (Å²) in [5.41, 5.74) is 3.34. The van der Waals surface area contributed by atoms with E-state index in [1.54, 1.807) is 12.1 Å². The number of rotatable bonds is 3. The molecule has 4 bridgehead atoms. The summed E-state index contributed by atoms with van der Waals surface area (Å²) < 4.78 is 0. The zero-order chi connectivity index (χ0) is 18.3. The number of benzene rings is 1. The summed E-state index contributed by atoms with van der Waals surface area (Å²) in [7, 11) is 0. The van der Waals surface area contributed by atoms with Gasteiger partial charge in [0.05, 0.1) is 0 Å². The molecule has 4 aliphatic carbocycles. The fourth-order valence-corrected chi connectivity index (χ4v) is 5.97. The van der Waals surface area contributed by atoms with Crippen LogP contribution in [0.1, 0.15) is 49.7 Å². The molecule has 0 atom stereocenters. The molecule has 4 aliphatic rings. The van der Waals surface area contributed by atoms with Crippen molar-refractivity contribution in [1.29, 1.82) is 15.8 Å². The van der Waals surface area contributed by atoms with Crippen LogP contribution < -0.4 is 5.32 Å². The molecule has 4 fully saturated rings. The SMILES string of the molecule is Cc1ccc(C23CC4CC(CC(C4)C2)C3)cc1NC(C#N)=C(C#N)C#N. The molecule has 26 heavy (non-hydrogen) atoms. The number of nitrogens with one attached hydrogen (secondary N) is 1. The summed E-state index contributed by atoms with van der Waals surface area (Å²) in [6.45, 7) is 1.99. The molecule has 0 saturated heterocycles. The lowest BCUT2D eigenvalue weighted by molar-refractivity contribution is -0.00516. The Balaban J connectivity index is 1.70. The molecular formula is C22H22N4. The molecule has 4 heteroatoms. The van der Waals surface area contributed by atoms with E-state index in [1.807, 2.05) is 13.0 Å². The molecule has 1 N–H and O–H groups in total. The van der Waals surface area contributed by atoms with Gasteiger partial charge in [-0.3, -0.25) is 0 Å². The minimum absolute atomic E-state index is 0.0285. The zero-order valence-corrected chi connectivity index (χ0v) is 15.0. The van der Waals surface area contributed by atoms with E-state index >= 15 is 0 Å². The number of anilines is 1. The highest BCUT2D eigenvalue weighted by Crippen LogP contribution is 2.60. The molecule has 1 aromatic rings. The molecule has 0 aromatic heterocycles. The molecule has 0 amide bonds. The molecule has 0 radical (unpaired) electrons. The van der Waals surface area contributed by atoms with Gasteiger partial charge in [-0.2, -0.15) is 15.8 Å². The molecular weight excluding hydrogens is 320 g/mol. The van der Waals surface area contributed by atoms with Gasteiger partial charge in [-0.25, -0.2) is 0 Å². The monoisotopic (exact) mass is 342 g/mol. The van der Waals surface area contributed by atoms with Crippen molar-refractivity contribution in [1.82, 2.24) is 0 Å². The van der Waals surface area contributed by atoms with Gasteiger partial charge in [0.2, 0.25) is 0 Å². The first-order valence-electron chi connectivity index (χ1n) is 9.39. The molecule has 0 heterocycles. The minimum Gasteiger partial charge on any atom is -0.345 e. The number of hydrogen-bond acceptors (Lipinski definition) is 4. The summed E-state index contributed by atoms with van der Waals surface area (Å²) in [4.78, 5) is 0. The van der Waals surface area contributed by atoms with Crippen molar-refractivity contribution in [2.45, 2.75) is 50.9 Å². The Morgan fingerprint density at radius 2 is 1.54 bits per heavy atom. The minimum atomic E-state index is -0.174. The summed E-state index contributed by atoms with van der Waals surface area (Å²) in [5.74, 6) is 2.62. The topological polar surface area (TPSA) is 83.4 Å². The number of hydrogen-bond donors (Lipinski definition) is 1. The van der Waals surface area contributed by atoms with Gasteiger partial charge in [-0.15, -0.1) is 0 Å². The second kappa shape index (κ2) is 6.19. The Hall–Kier alpha value is -2.77. The Labute approximate surface area is 154 Å². The molecule has 0 spiro atoms. The van der Waals surface area contributed by atoms with Crippen molar-refractivity contribution in [2.75, 3.05) is 5.32 Å². The van der Waals surface area contributed by atoms with Crippen molar-refractivity contribution >= 4 is 5.69 Å². The molecule has 5 rings (SSSR count). The zero-order valence-electron chi connectivity index (χ0n) is 15.0. The maximum Gasteiger partial charge on any atom is 0.163 e. The van der Waals surface area contributed by atoms with Crippen molar-refractivity contribution in [3.05, 3.63) is 40.6 Å². The number of nitriles is 3. The largest absolute Gasteiger partial charge is 0.345 e. The first-order chi connectivity index (χ1) is 12.6. The fraction of sp³-hybridized carbons (Fsp3) is 0.500. The van der Waals surface area contributed by atoms with E-state index in [4.69, 9.17) is 10.5 Å². The van der Waals surface area contributed by atoms with Crippen LogP contribution in [0.4, 0.5) is 5.69 Å². The number of aryl methyl sites for hydroxylation is 1. The van der Waals surface area contributed by atoms with Crippen LogP contribution in [0.2, 0.25) is 0 Å². The first-order valence-corrected chi connectivity index (χ1v) is 9.39. The van der Waals surface area contributed by atoms with Crippen LogP contribution in [0.25, 0.3) is 0 Å². The van der Waals surface area contributed by atoms with Crippen molar-refractivity contribution < 1.29 is 0 Å². The standard InChI is InChI=1S/C22H22N4/c1-14-2-3-19(7-20(14)26-21(13-25)18(11-23)12-24)22-8-15-4-16(9-22)6-17(5-15)10-22/h2-3,7,15-17,26H,4-6,8-10H2,1H3. The maximum atomic E-state index is 9.34. The van der Waals surface area contributed by atoms with Gasteiger partial charge in [0.1, 0.15) is 23.9 Å². The van der Waals surface area contributed by atoms with Crippen LogP contribution in [0.3, 0.4) is 0 Å². The van der Waals surface area contributed by atoms with Crippen LogP contribution in [-0.4, -0.2) is 0 Å². The van der Waals surface area contributed by atoms with Crippen molar-refractivity contribution in [3.8, 4) is 18.2 Å². The fourth-order valence-electron chi connectivity index (χ4n) is 5.97. The molecule has 4 nitrogen and oxygen atoms in total. The first kappa shape index (κ1) is 16.7. The normalized spacial score (nSPS) is 30.8. The quantitative estimate of drug-likeness (QED) is 0.807. The van der Waals surface area contributed by atoms with E-state index in [1.165, 1.54) is 44.1 Å². The average Bonchev–Trinajstić information content (AvgIpc) is 2.62. The lowest BCUT2D eigenvalue weighted by Gasteiger charge is -2.57. The average molecular weight is 342 g/mol. The lowest BCUT2D eigenvalue weighted by atomic mass is 9.48. The Bertz CT molecular complexity index is 852. The summed E-state index contributed by atoms with van der Waals surface area (Å²) in [5, 5.41) is 30.5. The second-order valence-electron chi connectivity index (χ2n) is 8.44. The van der Waals surface area contributed by atoms with Gasteiger partial charge in [0, 0.05) is 5.69 Å². The van der Waals surface area contributed by atoms with Crippen LogP contribution in [0, 0.1) is 58.7 Å². The molecule has 0 unspecified atom stereocenters. The summed E-state index contributed by atoms with van der Waals surface area (Å²) in [6, 6.07) is 12.1. The van der Waals surface area contributed by atoms with Crippen LogP contribution in [-0.2, 0) is 5.41 Å². The van der Waals surface area contributed by atoms with E-state index in [0.717, 1.165) is 29.0 Å². The highest BCUT2D eigenvalue weighted by atomic mass is 14.9. The van der Waals surface area contributed by atoms with E-state index in [9.17, 15) is 5.26 Å². The predicted octanol–water partition coefficient (Wildman–Crippen LogP) is 4.70. The molecule has 130 valence electrons.